The summed E-state index contributed by atoms with van der Waals surface area (Å²) in [6.45, 7) is 17.2. The zero-order valence-corrected chi connectivity index (χ0v) is 10.4. The van der Waals surface area contributed by atoms with Crippen molar-refractivity contribution < 1.29 is 0 Å². The first-order valence-electron chi connectivity index (χ1n) is 5.54. The van der Waals surface area contributed by atoms with Gasteiger partial charge in [-0.05, 0) is 23.8 Å². The van der Waals surface area contributed by atoms with Gasteiger partial charge in [-0.2, -0.15) is 0 Å². The van der Waals surface area contributed by atoms with Crippen LogP contribution in [0.2, 0.25) is 0 Å². The van der Waals surface area contributed by atoms with Crippen molar-refractivity contribution in [3.63, 3.8) is 0 Å². The minimum Gasteiger partial charge on any atom is -0.313 e. The Hall–Kier alpha value is -0.0400. The average molecular weight is 185 g/mol. The van der Waals surface area contributed by atoms with Crippen LogP contribution >= 0.6 is 0 Å². The Balaban J connectivity index is 4.41. The normalized spacial score (nSPS) is 17.5. The third kappa shape index (κ3) is 4.12. The second-order valence-electron chi connectivity index (χ2n) is 5.50. The first-order valence-corrected chi connectivity index (χ1v) is 5.54. The summed E-state index contributed by atoms with van der Waals surface area (Å²) >= 11 is 0. The van der Waals surface area contributed by atoms with Gasteiger partial charge < -0.3 is 5.32 Å². The molecule has 0 aliphatic rings. The highest BCUT2D eigenvalue weighted by Gasteiger charge is 2.30. The Labute approximate surface area is 84.3 Å². The highest BCUT2D eigenvalue weighted by atomic mass is 14.9. The zero-order chi connectivity index (χ0) is 10.6. The molecule has 0 spiro atoms. The van der Waals surface area contributed by atoms with Crippen LogP contribution in [0, 0.1) is 17.3 Å². The molecule has 0 saturated carbocycles. The van der Waals surface area contributed by atoms with Crippen LogP contribution < -0.4 is 5.32 Å². The van der Waals surface area contributed by atoms with Crippen molar-refractivity contribution in [2.24, 2.45) is 17.3 Å². The molecule has 0 bridgehead atoms. The first-order chi connectivity index (χ1) is 5.80. The van der Waals surface area contributed by atoms with Crippen LogP contribution in [0.25, 0.3) is 0 Å². The first kappa shape index (κ1) is 13.0. The highest BCUT2D eigenvalue weighted by Crippen LogP contribution is 2.29. The van der Waals surface area contributed by atoms with Gasteiger partial charge in [0.25, 0.3) is 0 Å². The number of hydrogen-bond donors (Lipinski definition) is 1. The molecule has 13 heavy (non-hydrogen) atoms. The monoisotopic (exact) mass is 185 g/mol. The second kappa shape index (κ2) is 4.99. The lowest BCUT2D eigenvalue weighted by Crippen LogP contribution is -2.46. The number of hydrogen-bond acceptors (Lipinski definition) is 1. The maximum Gasteiger partial charge on any atom is 0.0143 e. The molecule has 2 unspecified atom stereocenters. The van der Waals surface area contributed by atoms with Crippen LogP contribution in [0.1, 0.15) is 48.5 Å². The van der Waals surface area contributed by atoms with Gasteiger partial charge in [-0.1, -0.05) is 48.5 Å². The fraction of sp³-hybridized carbons (Fsp3) is 1.00. The Morgan fingerprint density at radius 1 is 1.08 bits per heavy atom. The molecule has 0 aromatic heterocycles. The molecule has 0 aromatic rings. The van der Waals surface area contributed by atoms with Crippen molar-refractivity contribution in [1.82, 2.24) is 5.32 Å². The van der Waals surface area contributed by atoms with Gasteiger partial charge in [-0.25, -0.2) is 0 Å². The summed E-state index contributed by atoms with van der Waals surface area (Å²) in [5, 5.41) is 3.60. The minimum atomic E-state index is 0.361. The molecule has 1 heteroatoms. The molecule has 0 radical (unpaired) electrons. The van der Waals surface area contributed by atoms with Gasteiger partial charge in [-0.3, -0.25) is 0 Å². The second-order valence-corrected chi connectivity index (χ2v) is 5.50. The van der Waals surface area contributed by atoms with Gasteiger partial charge in [-0.15, -0.1) is 0 Å². The van der Waals surface area contributed by atoms with Crippen LogP contribution in [-0.2, 0) is 0 Å². The predicted molar refractivity (Wildman–Crippen MR) is 60.9 cm³/mol. The minimum absolute atomic E-state index is 0.361. The van der Waals surface area contributed by atoms with E-state index in [4.69, 9.17) is 0 Å². The van der Waals surface area contributed by atoms with Crippen LogP contribution in [-0.4, -0.2) is 12.6 Å². The molecule has 0 fully saturated rings. The summed E-state index contributed by atoms with van der Waals surface area (Å²) in [6.07, 6.45) is 0. The standard InChI is InChI=1S/C12H27N/c1-8-13-11(12(5,6)7)10(4)9(2)3/h9-11,13H,8H2,1-7H3. The lowest BCUT2D eigenvalue weighted by atomic mass is 9.75. The molecule has 0 aromatic carbocycles. The fourth-order valence-corrected chi connectivity index (χ4v) is 1.89. The summed E-state index contributed by atoms with van der Waals surface area (Å²) in [5.74, 6) is 1.49. The summed E-state index contributed by atoms with van der Waals surface area (Å²) in [7, 11) is 0. The van der Waals surface area contributed by atoms with E-state index < -0.39 is 0 Å². The predicted octanol–water partition coefficient (Wildman–Crippen LogP) is 3.30. The lowest BCUT2D eigenvalue weighted by Gasteiger charge is -2.38. The Morgan fingerprint density at radius 3 is 1.77 bits per heavy atom. The van der Waals surface area contributed by atoms with E-state index in [0.29, 0.717) is 11.5 Å². The molecule has 2 atom stereocenters. The molecule has 0 aliphatic carbocycles. The van der Waals surface area contributed by atoms with Crippen molar-refractivity contribution >= 4 is 0 Å². The van der Waals surface area contributed by atoms with Gasteiger partial charge in [0.05, 0.1) is 0 Å². The van der Waals surface area contributed by atoms with E-state index in [-0.39, 0.29) is 0 Å². The average Bonchev–Trinajstić information content (AvgIpc) is 1.96. The lowest BCUT2D eigenvalue weighted by molar-refractivity contribution is 0.171. The van der Waals surface area contributed by atoms with E-state index in [2.05, 4.69) is 53.8 Å². The quantitative estimate of drug-likeness (QED) is 0.708. The van der Waals surface area contributed by atoms with Crippen LogP contribution in [0.5, 0.6) is 0 Å². The van der Waals surface area contributed by atoms with Gasteiger partial charge in [0.15, 0.2) is 0 Å². The number of nitrogens with one attached hydrogen (secondary N) is 1. The SMILES string of the molecule is CCNC(C(C)C(C)C)C(C)(C)C. The third-order valence-corrected chi connectivity index (χ3v) is 2.93. The van der Waals surface area contributed by atoms with Crippen molar-refractivity contribution in [2.75, 3.05) is 6.54 Å². The van der Waals surface area contributed by atoms with E-state index in [0.717, 1.165) is 18.4 Å². The summed E-state index contributed by atoms with van der Waals surface area (Å²) in [6, 6.07) is 0.623. The topological polar surface area (TPSA) is 12.0 Å². The summed E-state index contributed by atoms with van der Waals surface area (Å²) in [5.41, 5.74) is 0.361. The van der Waals surface area contributed by atoms with Crippen LogP contribution in [0.4, 0.5) is 0 Å². The molecule has 0 aliphatic heterocycles. The van der Waals surface area contributed by atoms with Crippen molar-refractivity contribution in [3.8, 4) is 0 Å². The van der Waals surface area contributed by atoms with Crippen LogP contribution in [0.3, 0.4) is 0 Å². The molecule has 0 rings (SSSR count). The highest BCUT2D eigenvalue weighted by molar-refractivity contribution is 4.85. The molecule has 0 amide bonds. The fourth-order valence-electron chi connectivity index (χ4n) is 1.89. The van der Waals surface area contributed by atoms with Crippen molar-refractivity contribution in [2.45, 2.75) is 54.5 Å². The molecule has 1 N–H and O–H groups in total. The molecule has 1 nitrogen and oxygen atoms in total. The molecule has 0 heterocycles. The van der Waals surface area contributed by atoms with E-state index in [1.54, 1.807) is 0 Å². The van der Waals surface area contributed by atoms with E-state index in [1.807, 2.05) is 0 Å². The van der Waals surface area contributed by atoms with E-state index in [9.17, 15) is 0 Å². The van der Waals surface area contributed by atoms with Gasteiger partial charge in [0.1, 0.15) is 0 Å². The summed E-state index contributed by atoms with van der Waals surface area (Å²) in [4.78, 5) is 0. The molecular formula is C12H27N. The van der Waals surface area contributed by atoms with Crippen molar-refractivity contribution in [3.05, 3.63) is 0 Å². The summed E-state index contributed by atoms with van der Waals surface area (Å²) < 4.78 is 0. The Morgan fingerprint density at radius 2 is 1.54 bits per heavy atom. The van der Waals surface area contributed by atoms with E-state index in [1.165, 1.54) is 0 Å². The molecule has 80 valence electrons. The Kier molecular flexibility index (Phi) is 4.98. The van der Waals surface area contributed by atoms with Gasteiger partial charge in [0, 0.05) is 6.04 Å². The zero-order valence-electron chi connectivity index (χ0n) is 10.4. The third-order valence-electron chi connectivity index (χ3n) is 2.93. The van der Waals surface area contributed by atoms with Crippen molar-refractivity contribution in [1.29, 1.82) is 0 Å². The number of rotatable bonds is 4. The smallest absolute Gasteiger partial charge is 0.0143 e. The Bertz CT molecular complexity index is 133. The largest absolute Gasteiger partial charge is 0.313 e. The van der Waals surface area contributed by atoms with E-state index >= 15 is 0 Å². The molecular weight excluding hydrogens is 158 g/mol. The van der Waals surface area contributed by atoms with Gasteiger partial charge in [0.2, 0.25) is 0 Å². The maximum absolute atomic E-state index is 3.60. The maximum atomic E-state index is 3.60. The molecule has 0 saturated heterocycles. The van der Waals surface area contributed by atoms with Crippen LogP contribution in [0.15, 0.2) is 0 Å². The van der Waals surface area contributed by atoms with Gasteiger partial charge >= 0.3 is 0 Å².